The van der Waals surface area contributed by atoms with Crippen LogP contribution in [0.5, 0.6) is 0 Å². The summed E-state index contributed by atoms with van der Waals surface area (Å²) in [6.07, 6.45) is 8.09. The fourth-order valence-electron chi connectivity index (χ4n) is 3.02. The van der Waals surface area contributed by atoms with Gasteiger partial charge in [0.05, 0.1) is 22.8 Å². The summed E-state index contributed by atoms with van der Waals surface area (Å²) in [5.41, 5.74) is 12.8. The molecule has 7 nitrogen and oxygen atoms in total. The highest BCUT2D eigenvalue weighted by atomic mass is 32.1. The topological polar surface area (TPSA) is 121 Å². The number of hydrogen-bond donors (Lipinski definition) is 5. The molecule has 0 fully saturated rings. The average molecular weight is 432 g/mol. The minimum atomic E-state index is -1.00. The Hall–Kier alpha value is -3.62. The lowest BCUT2D eigenvalue weighted by Gasteiger charge is -1.96. The van der Waals surface area contributed by atoms with Crippen molar-refractivity contribution in [1.29, 1.82) is 0 Å². The molecule has 2 aliphatic rings. The van der Waals surface area contributed by atoms with Gasteiger partial charge in [-0.25, -0.2) is 9.97 Å². The molecule has 3 aromatic heterocycles. The van der Waals surface area contributed by atoms with Gasteiger partial charge in [-0.15, -0.1) is 0 Å². The molecular weight excluding hydrogens is 410 g/mol. The number of fused-ring (bicyclic) bond motifs is 8. The van der Waals surface area contributed by atoms with Crippen LogP contribution in [0.1, 0.15) is 22.8 Å². The Morgan fingerprint density at radius 3 is 1.35 bits per heavy atom. The number of aromatic nitrogens is 4. The number of carboxylic acid groups (broad SMARTS) is 1. The highest BCUT2D eigenvalue weighted by Crippen LogP contribution is 2.16. The molecule has 0 saturated carbocycles. The third kappa shape index (κ3) is 5.30. The van der Waals surface area contributed by atoms with E-state index in [2.05, 4.69) is 56.8 Å². The van der Waals surface area contributed by atoms with E-state index in [4.69, 9.17) is 10.8 Å². The highest BCUT2D eigenvalue weighted by Gasteiger charge is 2.06. The lowest BCUT2D eigenvalue weighted by atomic mass is 10.3. The zero-order chi connectivity index (χ0) is 21.8. The molecule has 8 heteroatoms. The summed E-state index contributed by atoms with van der Waals surface area (Å²) < 4.78 is 0. The first-order valence-corrected chi connectivity index (χ1v) is 10.3. The molecule has 0 saturated heterocycles. The number of nitrogens with zero attached hydrogens (tertiary/aromatic N) is 2. The van der Waals surface area contributed by atoms with Crippen molar-refractivity contribution in [2.24, 2.45) is 5.73 Å². The molecule has 0 spiro atoms. The van der Waals surface area contributed by atoms with Gasteiger partial charge >= 0.3 is 5.97 Å². The van der Waals surface area contributed by atoms with Gasteiger partial charge in [0.25, 0.3) is 0 Å². The van der Waals surface area contributed by atoms with Crippen LogP contribution in [0.15, 0.2) is 48.5 Å². The second-order valence-electron chi connectivity index (χ2n) is 7.03. The molecule has 0 radical (unpaired) electrons. The van der Waals surface area contributed by atoms with Crippen LogP contribution in [0.4, 0.5) is 0 Å². The van der Waals surface area contributed by atoms with Gasteiger partial charge in [0, 0.05) is 27.8 Å². The predicted molar refractivity (Wildman–Crippen MR) is 128 cm³/mol. The van der Waals surface area contributed by atoms with E-state index < -0.39 is 12.0 Å². The molecule has 0 aromatic carbocycles. The lowest BCUT2D eigenvalue weighted by Crippen LogP contribution is -2.31. The molecule has 8 bridgehead atoms. The number of rotatable bonds is 2. The number of nitrogens with two attached hydrogens (primary N) is 1. The Kier molecular flexibility index (Phi) is 6.01. The second-order valence-corrected chi connectivity index (χ2v) is 7.40. The van der Waals surface area contributed by atoms with Crippen LogP contribution in [0.3, 0.4) is 0 Å². The van der Waals surface area contributed by atoms with Crippen LogP contribution in [0.2, 0.25) is 0 Å². The number of aliphatic carboxylic acids is 1. The van der Waals surface area contributed by atoms with Gasteiger partial charge in [-0.2, -0.15) is 12.6 Å². The van der Waals surface area contributed by atoms with Crippen molar-refractivity contribution >= 4 is 65.0 Å². The van der Waals surface area contributed by atoms with Gasteiger partial charge in [-0.3, -0.25) is 4.79 Å². The minimum absolute atomic E-state index is 0.190. The zero-order valence-corrected chi connectivity index (χ0v) is 17.4. The van der Waals surface area contributed by atoms with E-state index in [-0.39, 0.29) is 5.75 Å². The number of H-pyrrole nitrogens is 2. The van der Waals surface area contributed by atoms with Gasteiger partial charge in [0.1, 0.15) is 6.04 Å². The van der Waals surface area contributed by atoms with E-state index in [1.165, 1.54) is 0 Å². The van der Waals surface area contributed by atoms with Crippen LogP contribution in [-0.2, 0) is 4.79 Å². The predicted octanol–water partition coefficient (Wildman–Crippen LogP) is 3.98. The smallest absolute Gasteiger partial charge is 0.321 e. The number of nitrogens with one attached hydrogen (secondary N) is 2. The van der Waals surface area contributed by atoms with E-state index in [9.17, 15) is 4.79 Å². The number of aromatic amines is 2. The Morgan fingerprint density at radius 1 is 0.806 bits per heavy atom. The fraction of sp³-hybridized carbons (Fsp3) is 0.0870. The van der Waals surface area contributed by atoms with Crippen molar-refractivity contribution in [3.63, 3.8) is 0 Å². The summed E-state index contributed by atoms with van der Waals surface area (Å²) >= 11 is 3.65. The Labute approximate surface area is 183 Å². The third-order valence-corrected chi connectivity index (χ3v) is 4.95. The van der Waals surface area contributed by atoms with E-state index in [1.807, 2.05) is 48.6 Å². The molecule has 5 rings (SSSR count). The molecule has 1 unspecified atom stereocenters. The highest BCUT2D eigenvalue weighted by molar-refractivity contribution is 7.80. The summed E-state index contributed by atoms with van der Waals surface area (Å²) in [6, 6.07) is 15.5. The number of hydrogen-bond acceptors (Lipinski definition) is 5. The first-order valence-electron chi connectivity index (χ1n) is 9.62. The number of carboxylic acids is 1. The quantitative estimate of drug-likeness (QED) is 0.271. The van der Waals surface area contributed by atoms with Crippen molar-refractivity contribution in [3.8, 4) is 0 Å². The van der Waals surface area contributed by atoms with E-state index in [1.54, 1.807) is 0 Å². The Bertz CT molecular complexity index is 1160. The van der Waals surface area contributed by atoms with E-state index in [0.717, 1.165) is 44.8 Å². The van der Waals surface area contributed by atoms with Crippen molar-refractivity contribution < 1.29 is 9.90 Å². The van der Waals surface area contributed by atoms with Crippen molar-refractivity contribution in [2.75, 3.05) is 5.75 Å². The summed E-state index contributed by atoms with van der Waals surface area (Å²) in [7, 11) is 0. The van der Waals surface area contributed by atoms with E-state index in [0.29, 0.717) is 0 Å². The van der Waals surface area contributed by atoms with Gasteiger partial charge < -0.3 is 20.8 Å². The maximum Gasteiger partial charge on any atom is 0.321 e. The normalized spacial score (nSPS) is 12.8. The summed E-state index contributed by atoms with van der Waals surface area (Å²) in [4.78, 5) is 25.8. The molecule has 0 aliphatic carbocycles. The largest absolute Gasteiger partial charge is 0.480 e. The molecule has 1 atom stereocenters. The number of carbonyl (C=O) groups is 1. The van der Waals surface area contributed by atoms with Gasteiger partial charge in [-0.05, 0) is 72.8 Å². The minimum Gasteiger partial charge on any atom is -0.480 e. The van der Waals surface area contributed by atoms with Crippen molar-refractivity contribution in [3.05, 3.63) is 71.3 Å². The average Bonchev–Trinajstić information content (AvgIpc) is 3.53. The zero-order valence-electron chi connectivity index (χ0n) is 16.5. The van der Waals surface area contributed by atoms with Crippen LogP contribution in [0, 0.1) is 0 Å². The maximum absolute atomic E-state index is 9.76. The van der Waals surface area contributed by atoms with Crippen LogP contribution in [-0.4, -0.2) is 42.8 Å². The fourth-order valence-corrected chi connectivity index (χ4v) is 3.18. The SMILES string of the molecule is C1=Cc2cc3ccc(cc4nc(cc5ccc(cc1n2)[nH]5)C=C4)[nH]3.NC(CS)C(=O)O. The van der Waals surface area contributed by atoms with Crippen molar-refractivity contribution in [1.82, 2.24) is 19.9 Å². The first kappa shape index (κ1) is 20.6. The van der Waals surface area contributed by atoms with Gasteiger partial charge in [0.15, 0.2) is 0 Å². The lowest BCUT2D eigenvalue weighted by molar-refractivity contribution is -0.137. The molecular formula is C23H21N5O2S. The molecule has 5 heterocycles. The second kappa shape index (κ2) is 9.03. The summed E-state index contributed by atoms with van der Waals surface area (Å²) in [5, 5.41) is 8.01. The standard InChI is InChI=1S/C20H14N4.C3H7NO2S/c1-2-14-10-16-5-6-18(23-16)12-20-8-7-19(24-20)11-17-4-3-15(22-17)9-13(1)21-14;4-2(1-7)3(5)6/h1-12,21,24H;2,7H,1,4H2,(H,5,6). The third-order valence-electron chi connectivity index (χ3n) is 4.56. The van der Waals surface area contributed by atoms with Gasteiger partial charge in [0.2, 0.25) is 0 Å². The Morgan fingerprint density at radius 2 is 1.13 bits per heavy atom. The molecule has 156 valence electrons. The molecule has 3 aromatic rings. The van der Waals surface area contributed by atoms with Crippen LogP contribution >= 0.6 is 12.6 Å². The van der Waals surface area contributed by atoms with Crippen LogP contribution < -0.4 is 5.73 Å². The maximum atomic E-state index is 9.76. The molecule has 2 aliphatic heterocycles. The van der Waals surface area contributed by atoms with E-state index >= 15 is 0 Å². The number of thiol groups is 1. The molecule has 5 N–H and O–H groups in total. The van der Waals surface area contributed by atoms with Gasteiger partial charge in [-0.1, -0.05) is 0 Å². The summed E-state index contributed by atoms with van der Waals surface area (Å²) in [6.45, 7) is 0. The molecule has 31 heavy (non-hydrogen) atoms. The monoisotopic (exact) mass is 431 g/mol. The Balaban J connectivity index is 0.000000289. The first-order chi connectivity index (χ1) is 15.0. The van der Waals surface area contributed by atoms with Crippen molar-refractivity contribution in [2.45, 2.75) is 6.04 Å². The van der Waals surface area contributed by atoms with Crippen LogP contribution in [0.25, 0.3) is 46.4 Å². The molecule has 0 amide bonds. The summed E-state index contributed by atoms with van der Waals surface area (Å²) in [5.74, 6) is -0.815.